The molecule has 0 aliphatic heterocycles. The Kier molecular flexibility index (Phi) is 4.58. The van der Waals surface area contributed by atoms with Crippen molar-refractivity contribution in [3.05, 3.63) is 57.5 Å². The minimum atomic E-state index is -0.0849. The van der Waals surface area contributed by atoms with Gasteiger partial charge in [0.05, 0.1) is 18.4 Å². The maximum absolute atomic E-state index is 12.3. The first-order valence-electron chi connectivity index (χ1n) is 8.02. The minimum Gasteiger partial charge on any atom is -0.496 e. The highest BCUT2D eigenvalue weighted by Crippen LogP contribution is 2.30. The molecular weight excluding hydrogens is 384 g/mol. The van der Waals surface area contributed by atoms with Crippen LogP contribution in [0.5, 0.6) is 5.75 Å². The molecule has 8 nitrogen and oxygen atoms in total. The zero-order chi connectivity index (χ0) is 19.0. The first kappa shape index (κ1) is 17.6. The van der Waals surface area contributed by atoms with Crippen LogP contribution < -0.4 is 16.1 Å². The molecule has 138 valence electrons. The van der Waals surface area contributed by atoms with Crippen LogP contribution in [0.1, 0.15) is 11.4 Å². The molecule has 0 saturated heterocycles. The van der Waals surface area contributed by atoms with Gasteiger partial charge in [-0.25, -0.2) is 9.66 Å². The summed E-state index contributed by atoms with van der Waals surface area (Å²) in [4.78, 5) is 17.5. The molecule has 0 aliphatic rings. The van der Waals surface area contributed by atoms with Gasteiger partial charge in [-0.3, -0.25) is 9.20 Å². The van der Waals surface area contributed by atoms with E-state index >= 15 is 0 Å². The average Bonchev–Trinajstić information content (AvgIpc) is 3.23. The van der Waals surface area contributed by atoms with Crippen molar-refractivity contribution < 1.29 is 4.74 Å². The van der Waals surface area contributed by atoms with E-state index in [1.165, 1.54) is 33.8 Å². The number of hydrogen-bond acceptors (Lipinski definition) is 8. The van der Waals surface area contributed by atoms with Crippen molar-refractivity contribution >= 4 is 28.1 Å². The van der Waals surface area contributed by atoms with Gasteiger partial charge in [-0.15, -0.1) is 21.5 Å². The van der Waals surface area contributed by atoms with Gasteiger partial charge in [-0.2, -0.15) is 0 Å². The SMILES string of the molecule is COc1ccccc1-c1nnc(SCc2cc(=O)n3c(C)csc3n2)n1N. The summed E-state index contributed by atoms with van der Waals surface area (Å²) in [6.45, 7) is 1.89. The maximum atomic E-state index is 12.3. The fourth-order valence-electron chi connectivity index (χ4n) is 2.70. The van der Waals surface area contributed by atoms with Gasteiger partial charge in [-0.1, -0.05) is 23.9 Å². The predicted molar refractivity (Wildman–Crippen MR) is 106 cm³/mol. The number of aryl methyl sites for hydroxylation is 1. The highest BCUT2D eigenvalue weighted by molar-refractivity contribution is 7.98. The number of nitrogens with zero attached hydrogens (tertiary/aromatic N) is 5. The highest BCUT2D eigenvalue weighted by Gasteiger charge is 2.16. The van der Waals surface area contributed by atoms with Crippen molar-refractivity contribution in [3.8, 4) is 17.1 Å². The first-order valence-corrected chi connectivity index (χ1v) is 9.88. The molecule has 0 fully saturated rings. The van der Waals surface area contributed by atoms with Crippen molar-refractivity contribution in [2.24, 2.45) is 0 Å². The summed E-state index contributed by atoms with van der Waals surface area (Å²) >= 11 is 2.81. The summed E-state index contributed by atoms with van der Waals surface area (Å²) in [5.41, 5.74) is 2.23. The first-order chi connectivity index (χ1) is 13.1. The standard InChI is InChI=1S/C17H16N6O2S2/c1-10-8-26-16-19-11(7-14(24)22(10)16)9-27-17-21-20-15(23(17)18)12-5-3-4-6-13(12)25-2/h3-8H,9,18H2,1-2H3. The van der Waals surface area contributed by atoms with Crippen LogP contribution >= 0.6 is 23.1 Å². The third kappa shape index (κ3) is 3.17. The Balaban J connectivity index is 1.60. The number of aromatic nitrogens is 5. The van der Waals surface area contributed by atoms with Gasteiger partial charge >= 0.3 is 0 Å². The smallest absolute Gasteiger partial charge is 0.258 e. The van der Waals surface area contributed by atoms with Crippen molar-refractivity contribution in [3.63, 3.8) is 0 Å². The van der Waals surface area contributed by atoms with E-state index < -0.39 is 0 Å². The molecule has 0 radical (unpaired) electrons. The highest BCUT2D eigenvalue weighted by atomic mass is 32.2. The van der Waals surface area contributed by atoms with Crippen LogP contribution in [0.25, 0.3) is 16.3 Å². The number of nitrogens with two attached hydrogens (primary N) is 1. The van der Waals surface area contributed by atoms with Crippen LogP contribution in [0.2, 0.25) is 0 Å². The number of thioether (sulfide) groups is 1. The number of para-hydroxylation sites is 1. The van der Waals surface area contributed by atoms with E-state index in [1.807, 2.05) is 36.6 Å². The van der Waals surface area contributed by atoms with Gasteiger partial charge in [-0.05, 0) is 19.1 Å². The van der Waals surface area contributed by atoms with Crippen LogP contribution in [-0.2, 0) is 5.75 Å². The van der Waals surface area contributed by atoms with E-state index in [0.29, 0.717) is 33.1 Å². The largest absolute Gasteiger partial charge is 0.496 e. The number of ether oxygens (including phenoxy) is 1. The normalized spacial score (nSPS) is 11.2. The van der Waals surface area contributed by atoms with E-state index in [4.69, 9.17) is 10.6 Å². The quantitative estimate of drug-likeness (QED) is 0.405. The van der Waals surface area contributed by atoms with E-state index in [0.717, 1.165) is 11.3 Å². The summed E-state index contributed by atoms with van der Waals surface area (Å²) in [5, 5.41) is 10.8. The Bertz CT molecular complexity index is 1180. The second kappa shape index (κ2) is 7.05. The lowest BCUT2D eigenvalue weighted by atomic mass is 10.2. The van der Waals surface area contributed by atoms with Crippen molar-refractivity contribution in [2.45, 2.75) is 17.8 Å². The number of nitrogen functional groups attached to an aromatic ring is 1. The maximum Gasteiger partial charge on any atom is 0.258 e. The van der Waals surface area contributed by atoms with Gasteiger partial charge in [0.1, 0.15) is 5.75 Å². The molecular formula is C17H16N6O2S2. The number of rotatable bonds is 5. The zero-order valence-corrected chi connectivity index (χ0v) is 16.3. The second-order valence-corrected chi connectivity index (χ2v) is 7.52. The topological polar surface area (TPSA) is 100 Å². The molecule has 0 saturated carbocycles. The van der Waals surface area contributed by atoms with Crippen molar-refractivity contribution in [1.29, 1.82) is 0 Å². The van der Waals surface area contributed by atoms with Crippen LogP contribution in [0, 0.1) is 6.92 Å². The van der Waals surface area contributed by atoms with Crippen molar-refractivity contribution in [2.75, 3.05) is 13.0 Å². The lowest BCUT2D eigenvalue weighted by Crippen LogP contribution is -2.15. The molecule has 0 atom stereocenters. The molecule has 4 rings (SSSR count). The molecule has 0 spiro atoms. The molecule has 27 heavy (non-hydrogen) atoms. The fraction of sp³-hybridized carbons (Fsp3) is 0.176. The summed E-state index contributed by atoms with van der Waals surface area (Å²) in [6, 6.07) is 9.01. The summed E-state index contributed by atoms with van der Waals surface area (Å²) in [6.07, 6.45) is 0. The third-order valence-electron chi connectivity index (χ3n) is 3.99. The minimum absolute atomic E-state index is 0.0849. The Labute approximate surface area is 162 Å². The summed E-state index contributed by atoms with van der Waals surface area (Å²) in [7, 11) is 1.60. The number of fused-ring (bicyclic) bond motifs is 1. The number of hydrogen-bond donors (Lipinski definition) is 1. The van der Waals surface area contributed by atoms with E-state index in [2.05, 4.69) is 15.2 Å². The van der Waals surface area contributed by atoms with Gasteiger partial charge in [0, 0.05) is 22.9 Å². The molecule has 0 aliphatic carbocycles. The summed E-state index contributed by atoms with van der Waals surface area (Å²) < 4.78 is 8.38. The molecule has 10 heteroatoms. The molecule has 1 aromatic carbocycles. The average molecular weight is 400 g/mol. The molecule has 4 aromatic rings. The number of thiazole rings is 1. The van der Waals surface area contributed by atoms with Gasteiger partial charge in [0.15, 0.2) is 10.8 Å². The molecule has 3 heterocycles. The zero-order valence-electron chi connectivity index (χ0n) is 14.6. The molecule has 0 bridgehead atoms. The Morgan fingerprint density at radius 2 is 2.11 bits per heavy atom. The van der Waals surface area contributed by atoms with E-state index in [9.17, 15) is 4.79 Å². The monoisotopic (exact) mass is 400 g/mol. The van der Waals surface area contributed by atoms with E-state index in [1.54, 1.807) is 11.5 Å². The van der Waals surface area contributed by atoms with E-state index in [-0.39, 0.29) is 5.56 Å². The molecule has 2 N–H and O–H groups in total. The van der Waals surface area contributed by atoms with Gasteiger partial charge in [0.25, 0.3) is 5.56 Å². The van der Waals surface area contributed by atoms with Crippen molar-refractivity contribution in [1.82, 2.24) is 24.3 Å². The Hall–Kier alpha value is -2.85. The molecule has 3 aromatic heterocycles. The number of methoxy groups -OCH3 is 1. The Morgan fingerprint density at radius 1 is 1.30 bits per heavy atom. The summed E-state index contributed by atoms with van der Waals surface area (Å²) in [5.74, 6) is 7.81. The van der Waals surface area contributed by atoms with Crippen LogP contribution in [0.15, 0.2) is 45.7 Å². The lowest BCUT2D eigenvalue weighted by Gasteiger charge is -2.07. The van der Waals surface area contributed by atoms with Crippen LogP contribution in [-0.4, -0.2) is 31.4 Å². The van der Waals surface area contributed by atoms with Gasteiger partial charge in [0.2, 0.25) is 5.16 Å². The lowest BCUT2D eigenvalue weighted by molar-refractivity contribution is 0.416. The molecule has 0 amide bonds. The predicted octanol–water partition coefficient (Wildman–Crippen LogP) is 2.34. The second-order valence-electron chi connectivity index (χ2n) is 5.75. The Morgan fingerprint density at radius 3 is 2.93 bits per heavy atom. The van der Waals surface area contributed by atoms with Crippen LogP contribution in [0.3, 0.4) is 0 Å². The van der Waals surface area contributed by atoms with Crippen LogP contribution in [0.4, 0.5) is 0 Å². The van der Waals surface area contributed by atoms with Gasteiger partial charge < -0.3 is 10.6 Å². The fourth-order valence-corrected chi connectivity index (χ4v) is 4.34. The molecule has 0 unspecified atom stereocenters. The third-order valence-corrected chi connectivity index (χ3v) is 5.91. The number of benzene rings is 1.